The van der Waals surface area contributed by atoms with Crippen molar-refractivity contribution in [1.29, 1.82) is 0 Å². The van der Waals surface area contributed by atoms with Gasteiger partial charge in [-0.05, 0) is 40.9 Å². The number of carbonyl (C=O) groups is 1. The van der Waals surface area contributed by atoms with E-state index in [-0.39, 0.29) is 16.6 Å². The van der Waals surface area contributed by atoms with Crippen LogP contribution >= 0.6 is 0 Å². The van der Waals surface area contributed by atoms with Gasteiger partial charge in [-0.25, -0.2) is 9.13 Å². The Hall–Kier alpha value is -1.90. The van der Waals surface area contributed by atoms with Crippen LogP contribution in [-0.2, 0) is 24.4 Å². The van der Waals surface area contributed by atoms with Crippen molar-refractivity contribution in [1.82, 2.24) is 4.57 Å². The highest BCUT2D eigenvalue weighted by atomic mass is 16.1. The van der Waals surface area contributed by atoms with Gasteiger partial charge >= 0.3 is 0 Å². The molecule has 0 spiro atoms. The molecule has 1 aromatic carbocycles. The van der Waals surface area contributed by atoms with Crippen LogP contribution in [0, 0.1) is 6.92 Å². The van der Waals surface area contributed by atoms with Gasteiger partial charge in [-0.2, -0.15) is 0 Å². The van der Waals surface area contributed by atoms with Crippen LogP contribution in [0.3, 0.4) is 0 Å². The quantitative estimate of drug-likeness (QED) is 0.622. The lowest BCUT2D eigenvalue weighted by atomic mass is 9.63. The molecule has 2 aromatic rings. The van der Waals surface area contributed by atoms with Gasteiger partial charge < -0.3 is 0 Å². The SMILES string of the molecule is Cc1n(CC(=O)c2ccc3c(c2)C(C)(C)CCC3(C)C)cc[n+]1C. The predicted octanol–water partition coefficient (Wildman–Crippen LogP) is 3.85. The summed E-state index contributed by atoms with van der Waals surface area (Å²) < 4.78 is 4.04. The number of hydrogen-bond acceptors (Lipinski definition) is 1. The van der Waals surface area contributed by atoms with Crippen molar-refractivity contribution >= 4 is 5.78 Å². The van der Waals surface area contributed by atoms with Crippen molar-refractivity contribution < 1.29 is 9.36 Å². The van der Waals surface area contributed by atoms with Gasteiger partial charge in [0, 0.05) is 12.5 Å². The van der Waals surface area contributed by atoms with Gasteiger partial charge in [0.2, 0.25) is 5.78 Å². The van der Waals surface area contributed by atoms with E-state index in [0.29, 0.717) is 6.54 Å². The molecule has 1 aliphatic carbocycles. The lowest BCUT2D eigenvalue weighted by molar-refractivity contribution is -0.677. The number of nitrogens with zero attached hydrogens (tertiary/aromatic N) is 2. The topological polar surface area (TPSA) is 25.9 Å². The summed E-state index contributed by atoms with van der Waals surface area (Å²) in [5.74, 6) is 1.26. The van der Waals surface area contributed by atoms with E-state index in [1.807, 2.05) is 41.6 Å². The first kappa shape index (κ1) is 16.9. The highest BCUT2D eigenvalue weighted by molar-refractivity contribution is 5.96. The lowest BCUT2D eigenvalue weighted by Gasteiger charge is -2.42. The van der Waals surface area contributed by atoms with Crippen LogP contribution in [0.25, 0.3) is 0 Å². The fraction of sp³-hybridized carbons (Fsp3) is 0.524. The minimum Gasteiger partial charge on any atom is -0.290 e. The van der Waals surface area contributed by atoms with Crippen LogP contribution in [0.2, 0.25) is 0 Å². The van der Waals surface area contributed by atoms with Crippen LogP contribution < -0.4 is 4.57 Å². The largest absolute Gasteiger partial charge is 0.290 e. The number of Topliss-reactive ketones (excluding diaryl/α,β-unsaturated/α-hetero) is 1. The number of hydrogen-bond donors (Lipinski definition) is 0. The smallest absolute Gasteiger partial charge is 0.253 e. The maximum Gasteiger partial charge on any atom is 0.253 e. The first-order chi connectivity index (χ1) is 11.1. The molecule has 3 heteroatoms. The van der Waals surface area contributed by atoms with Crippen molar-refractivity contribution in [2.45, 2.75) is 64.8 Å². The zero-order valence-corrected chi connectivity index (χ0v) is 15.8. The summed E-state index contributed by atoms with van der Waals surface area (Å²) in [7, 11) is 2.00. The van der Waals surface area contributed by atoms with Crippen molar-refractivity contribution in [3.8, 4) is 0 Å². The summed E-state index contributed by atoms with van der Waals surface area (Å²) >= 11 is 0. The Morgan fingerprint density at radius 3 is 2.33 bits per heavy atom. The van der Waals surface area contributed by atoms with Crippen LogP contribution in [0.15, 0.2) is 30.6 Å². The molecule has 0 N–H and O–H groups in total. The molecule has 0 saturated carbocycles. The normalized spacial score (nSPS) is 18.2. The number of rotatable bonds is 3. The molecular formula is C21H29N2O+. The fourth-order valence-corrected chi connectivity index (χ4v) is 3.77. The molecule has 1 aromatic heterocycles. The molecule has 0 saturated heterocycles. The second-order valence-electron chi connectivity index (χ2n) is 8.54. The predicted molar refractivity (Wildman–Crippen MR) is 96.4 cm³/mol. The zero-order valence-electron chi connectivity index (χ0n) is 15.8. The van der Waals surface area contributed by atoms with Gasteiger partial charge in [-0.1, -0.05) is 39.8 Å². The Bertz CT molecular complexity index is 796. The van der Waals surface area contributed by atoms with Gasteiger partial charge in [0.1, 0.15) is 12.4 Å². The minimum atomic E-state index is 0.136. The Morgan fingerprint density at radius 2 is 1.75 bits per heavy atom. The van der Waals surface area contributed by atoms with Crippen molar-refractivity contribution in [3.05, 3.63) is 53.1 Å². The molecule has 3 rings (SSSR count). The number of imidazole rings is 1. The number of carbonyl (C=O) groups excluding carboxylic acids is 1. The van der Waals surface area contributed by atoms with E-state index in [0.717, 1.165) is 17.8 Å². The van der Waals surface area contributed by atoms with Crippen LogP contribution in [0.5, 0.6) is 0 Å². The number of benzene rings is 1. The average Bonchev–Trinajstić information content (AvgIpc) is 2.83. The Balaban J connectivity index is 1.96. The minimum absolute atomic E-state index is 0.136. The number of aryl methyl sites for hydroxylation is 1. The number of ketones is 1. The summed E-state index contributed by atoms with van der Waals surface area (Å²) in [6.07, 6.45) is 6.32. The molecule has 1 aliphatic rings. The molecule has 0 amide bonds. The van der Waals surface area contributed by atoms with Crippen molar-refractivity contribution in [2.75, 3.05) is 0 Å². The average molecular weight is 325 g/mol. The van der Waals surface area contributed by atoms with E-state index < -0.39 is 0 Å². The van der Waals surface area contributed by atoms with E-state index >= 15 is 0 Å². The summed E-state index contributed by atoms with van der Waals surface area (Å²) in [5, 5.41) is 0. The number of aromatic nitrogens is 2. The molecular weight excluding hydrogens is 296 g/mol. The first-order valence-corrected chi connectivity index (χ1v) is 8.81. The standard InChI is InChI=1S/C21H29N2O/c1-15-22(6)11-12-23(15)14-19(24)16-7-8-17-18(13-16)21(4,5)10-9-20(17,2)3/h7-8,11-13H,9-10,14H2,1-6H3/q+1. The molecule has 3 nitrogen and oxygen atoms in total. The second kappa shape index (κ2) is 5.58. The summed E-state index contributed by atoms with van der Waals surface area (Å²) in [6.45, 7) is 11.6. The molecule has 24 heavy (non-hydrogen) atoms. The van der Waals surface area contributed by atoms with Crippen LogP contribution in [0.1, 0.15) is 67.8 Å². The van der Waals surface area contributed by atoms with E-state index in [1.54, 1.807) is 0 Å². The summed E-state index contributed by atoms with van der Waals surface area (Å²) in [4.78, 5) is 12.8. The zero-order chi connectivity index (χ0) is 17.7. The molecule has 0 atom stereocenters. The first-order valence-electron chi connectivity index (χ1n) is 8.81. The highest BCUT2D eigenvalue weighted by Gasteiger charge is 2.37. The van der Waals surface area contributed by atoms with Crippen molar-refractivity contribution in [2.24, 2.45) is 7.05 Å². The molecule has 1 heterocycles. The lowest BCUT2D eigenvalue weighted by Crippen LogP contribution is -2.34. The van der Waals surface area contributed by atoms with E-state index in [2.05, 4.69) is 39.8 Å². The molecule has 0 bridgehead atoms. The molecule has 0 unspecified atom stereocenters. The highest BCUT2D eigenvalue weighted by Crippen LogP contribution is 2.45. The monoisotopic (exact) mass is 325 g/mol. The number of fused-ring (bicyclic) bond motifs is 1. The van der Waals surface area contributed by atoms with Crippen molar-refractivity contribution in [3.63, 3.8) is 0 Å². The van der Waals surface area contributed by atoms with Gasteiger partial charge in [0.05, 0.1) is 7.05 Å². The third-order valence-corrected chi connectivity index (χ3v) is 5.89. The Morgan fingerprint density at radius 1 is 1.12 bits per heavy atom. The molecule has 128 valence electrons. The fourth-order valence-electron chi connectivity index (χ4n) is 3.77. The molecule has 0 aliphatic heterocycles. The van der Waals surface area contributed by atoms with Gasteiger partial charge in [-0.3, -0.25) is 4.79 Å². The third kappa shape index (κ3) is 2.81. The maximum atomic E-state index is 12.8. The molecule has 0 radical (unpaired) electrons. The van der Waals surface area contributed by atoms with E-state index in [9.17, 15) is 4.79 Å². The van der Waals surface area contributed by atoms with Gasteiger partial charge in [-0.15, -0.1) is 0 Å². The Labute approximate surface area is 145 Å². The van der Waals surface area contributed by atoms with Crippen LogP contribution in [-0.4, -0.2) is 10.4 Å². The second-order valence-corrected chi connectivity index (χ2v) is 8.54. The van der Waals surface area contributed by atoms with Crippen LogP contribution in [0.4, 0.5) is 0 Å². The maximum absolute atomic E-state index is 12.8. The summed E-state index contributed by atoms with van der Waals surface area (Å²) in [6, 6.07) is 6.35. The molecule has 0 fully saturated rings. The van der Waals surface area contributed by atoms with Gasteiger partial charge in [0.25, 0.3) is 5.82 Å². The third-order valence-electron chi connectivity index (χ3n) is 5.89. The summed E-state index contributed by atoms with van der Waals surface area (Å²) in [5.41, 5.74) is 3.90. The van der Waals surface area contributed by atoms with E-state index in [4.69, 9.17) is 0 Å². The Kier molecular flexibility index (Phi) is 3.94. The van der Waals surface area contributed by atoms with Gasteiger partial charge in [0.15, 0.2) is 6.54 Å². The van der Waals surface area contributed by atoms with E-state index in [1.165, 1.54) is 17.5 Å².